The van der Waals surface area contributed by atoms with Crippen LogP contribution in [-0.4, -0.2) is 30.6 Å². The number of halogens is 2. The van der Waals surface area contributed by atoms with Gasteiger partial charge in [-0.05, 0) is 48.5 Å². The van der Waals surface area contributed by atoms with Crippen molar-refractivity contribution in [3.8, 4) is 17.1 Å². The number of aromatic nitrogens is 5. The summed E-state index contributed by atoms with van der Waals surface area (Å²) >= 11 is 9.32. The van der Waals surface area contributed by atoms with Crippen LogP contribution < -0.4 is 5.32 Å². The van der Waals surface area contributed by atoms with Gasteiger partial charge in [-0.2, -0.15) is 0 Å². The van der Waals surface area contributed by atoms with Gasteiger partial charge in [0.15, 0.2) is 11.0 Å². The third kappa shape index (κ3) is 5.24. The van der Waals surface area contributed by atoms with Crippen LogP contribution in [0.5, 0.6) is 0 Å². The molecular weight excluding hydrogens is 507 g/mol. The lowest BCUT2D eigenvalue weighted by Crippen LogP contribution is -2.12. The van der Waals surface area contributed by atoms with Gasteiger partial charge in [-0.1, -0.05) is 35.5 Å². The monoisotopic (exact) mass is 522 g/mol. The lowest BCUT2D eigenvalue weighted by molar-refractivity contribution is 0.102. The Morgan fingerprint density at radius 1 is 1.06 bits per heavy atom. The maximum atomic E-state index is 13.1. The maximum Gasteiger partial charge on any atom is 0.275 e. The summed E-state index contributed by atoms with van der Waals surface area (Å²) in [5.41, 5.74) is 2.40. The lowest BCUT2D eigenvalue weighted by atomic mass is 10.2. The second-order valence-corrected chi connectivity index (χ2v) is 9.50. The van der Waals surface area contributed by atoms with E-state index >= 15 is 0 Å². The first-order valence-corrected chi connectivity index (χ1v) is 12.6. The fourth-order valence-corrected chi connectivity index (χ4v) is 5.19. The highest BCUT2D eigenvalue weighted by Crippen LogP contribution is 2.33. The van der Waals surface area contributed by atoms with Crippen LogP contribution in [0.15, 0.2) is 83.6 Å². The summed E-state index contributed by atoms with van der Waals surface area (Å²) in [7, 11) is 0. The van der Waals surface area contributed by atoms with Crippen LogP contribution in [0.4, 0.5) is 10.1 Å². The number of nitrogens with zero attached hydrogens (tertiary/aromatic N) is 5. The Labute approximate surface area is 213 Å². The van der Waals surface area contributed by atoms with E-state index in [0.29, 0.717) is 33.1 Å². The van der Waals surface area contributed by atoms with Gasteiger partial charge in [-0.25, -0.2) is 9.37 Å². The van der Waals surface area contributed by atoms with Crippen molar-refractivity contribution < 1.29 is 9.18 Å². The van der Waals surface area contributed by atoms with Crippen molar-refractivity contribution in [2.45, 2.75) is 10.9 Å². The molecule has 0 unspecified atom stereocenters. The van der Waals surface area contributed by atoms with Gasteiger partial charge in [0.25, 0.3) is 5.91 Å². The third-order valence-corrected chi connectivity index (χ3v) is 7.17. The molecule has 0 fully saturated rings. The molecule has 1 N–H and O–H groups in total. The fourth-order valence-electron chi connectivity index (χ4n) is 3.24. The smallest absolute Gasteiger partial charge is 0.275 e. The zero-order chi connectivity index (χ0) is 24.2. The number of para-hydroxylation sites is 1. The number of benzene rings is 2. The predicted octanol–water partition coefficient (Wildman–Crippen LogP) is 6.12. The molecule has 0 aliphatic carbocycles. The molecule has 0 atom stereocenters. The fraction of sp³-hybridized carbons (Fsp3) is 0.0417. The van der Waals surface area contributed by atoms with E-state index in [-0.39, 0.29) is 11.7 Å². The first-order chi connectivity index (χ1) is 17.1. The largest absolute Gasteiger partial charge is 0.321 e. The van der Waals surface area contributed by atoms with Crippen molar-refractivity contribution in [2.24, 2.45) is 0 Å². The van der Waals surface area contributed by atoms with Crippen LogP contribution in [0, 0.1) is 5.82 Å². The van der Waals surface area contributed by atoms with Crippen LogP contribution in [0.25, 0.3) is 17.1 Å². The Hall–Kier alpha value is -3.60. The number of rotatable bonds is 7. The van der Waals surface area contributed by atoms with E-state index in [1.807, 2.05) is 41.0 Å². The zero-order valence-corrected chi connectivity index (χ0v) is 20.3. The Morgan fingerprint density at radius 2 is 1.83 bits per heavy atom. The average Bonchev–Trinajstić information content (AvgIpc) is 3.52. The molecule has 5 rings (SSSR count). The van der Waals surface area contributed by atoms with E-state index < -0.39 is 0 Å². The molecule has 0 aliphatic heterocycles. The van der Waals surface area contributed by atoms with Crippen LogP contribution in [0.1, 0.15) is 15.5 Å². The minimum atomic E-state index is -0.368. The number of pyridine rings is 1. The summed E-state index contributed by atoms with van der Waals surface area (Å²) in [6.07, 6.45) is 3.39. The molecule has 3 heterocycles. The van der Waals surface area contributed by atoms with Crippen molar-refractivity contribution in [3.05, 3.63) is 100.0 Å². The Kier molecular flexibility index (Phi) is 6.84. The molecule has 0 saturated heterocycles. The summed E-state index contributed by atoms with van der Waals surface area (Å²) in [6.45, 7) is 0. The highest BCUT2D eigenvalue weighted by Gasteiger charge is 2.19. The SMILES string of the molecule is O=C(Nc1ccc(F)cc1)c1csc(CSc2nnc(-c3ccncc3)n2-c2ccccc2Cl)n1. The Balaban J connectivity index is 1.36. The lowest BCUT2D eigenvalue weighted by Gasteiger charge is -2.11. The molecule has 3 aromatic heterocycles. The number of thioether (sulfide) groups is 1. The number of hydrogen-bond donors (Lipinski definition) is 1. The van der Waals surface area contributed by atoms with Gasteiger partial charge in [-0.3, -0.25) is 14.3 Å². The van der Waals surface area contributed by atoms with Crippen molar-refractivity contribution in [2.75, 3.05) is 5.32 Å². The standard InChI is InChI=1S/C24H16ClFN6OS2/c25-18-3-1-2-4-20(18)32-22(15-9-11-27-12-10-15)30-31-24(32)35-14-21-29-19(13-34-21)23(33)28-17-7-5-16(26)6-8-17/h1-13H,14H2,(H,28,33). The quantitative estimate of drug-likeness (QED) is 0.259. The first kappa shape index (κ1) is 23.2. The van der Waals surface area contributed by atoms with Crippen molar-refractivity contribution in [1.82, 2.24) is 24.7 Å². The van der Waals surface area contributed by atoms with Gasteiger partial charge in [0, 0.05) is 29.0 Å². The molecule has 5 aromatic rings. The molecule has 35 heavy (non-hydrogen) atoms. The molecule has 0 spiro atoms. The molecule has 2 aromatic carbocycles. The molecule has 1 amide bonds. The molecule has 174 valence electrons. The number of hydrogen-bond acceptors (Lipinski definition) is 7. The first-order valence-electron chi connectivity index (χ1n) is 10.3. The van der Waals surface area contributed by atoms with Crippen molar-refractivity contribution in [1.29, 1.82) is 0 Å². The van der Waals surface area contributed by atoms with Gasteiger partial charge < -0.3 is 5.32 Å². The zero-order valence-electron chi connectivity index (χ0n) is 17.9. The summed E-state index contributed by atoms with van der Waals surface area (Å²) < 4.78 is 15.0. The number of anilines is 1. The van der Waals surface area contributed by atoms with Crippen molar-refractivity contribution in [3.63, 3.8) is 0 Å². The number of nitrogens with one attached hydrogen (secondary N) is 1. The van der Waals surface area contributed by atoms with E-state index in [4.69, 9.17) is 11.6 Å². The van der Waals surface area contributed by atoms with Gasteiger partial charge in [0.05, 0.1) is 16.5 Å². The normalized spacial score (nSPS) is 10.9. The van der Waals surface area contributed by atoms with Gasteiger partial charge in [0.1, 0.15) is 16.5 Å². The molecule has 11 heteroatoms. The van der Waals surface area contributed by atoms with E-state index in [1.165, 1.54) is 47.4 Å². The second-order valence-electron chi connectivity index (χ2n) is 7.21. The van der Waals surface area contributed by atoms with E-state index in [9.17, 15) is 9.18 Å². The maximum absolute atomic E-state index is 13.1. The number of amides is 1. The molecule has 0 radical (unpaired) electrons. The topological polar surface area (TPSA) is 85.6 Å². The minimum Gasteiger partial charge on any atom is -0.321 e. The highest BCUT2D eigenvalue weighted by atomic mass is 35.5. The summed E-state index contributed by atoms with van der Waals surface area (Å²) in [4.78, 5) is 21.0. The Morgan fingerprint density at radius 3 is 2.60 bits per heavy atom. The summed E-state index contributed by atoms with van der Waals surface area (Å²) in [5.74, 6) is 0.394. The van der Waals surface area contributed by atoms with Crippen LogP contribution in [0.3, 0.4) is 0 Å². The number of thiazole rings is 1. The van der Waals surface area contributed by atoms with E-state index in [2.05, 4.69) is 25.5 Å². The molecule has 0 aliphatic rings. The van der Waals surface area contributed by atoms with Gasteiger partial charge >= 0.3 is 0 Å². The molecule has 7 nitrogen and oxygen atoms in total. The Bertz CT molecular complexity index is 1470. The van der Waals surface area contributed by atoms with Crippen molar-refractivity contribution >= 4 is 46.3 Å². The van der Waals surface area contributed by atoms with Gasteiger partial charge in [-0.15, -0.1) is 21.5 Å². The highest BCUT2D eigenvalue weighted by molar-refractivity contribution is 7.98. The number of carbonyl (C=O) groups excluding carboxylic acids is 1. The summed E-state index contributed by atoms with van der Waals surface area (Å²) in [5, 5.41) is 15.2. The third-order valence-electron chi connectivity index (χ3n) is 4.88. The molecule has 0 bridgehead atoms. The van der Waals surface area contributed by atoms with Gasteiger partial charge in [0.2, 0.25) is 0 Å². The van der Waals surface area contributed by atoms with E-state index in [0.717, 1.165) is 16.3 Å². The predicted molar refractivity (Wildman–Crippen MR) is 136 cm³/mol. The number of carbonyl (C=O) groups is 1. The summed E-state index contributed by atoms with van der Waals surface area (Å²) in [6, 6.07) is 16.8. The van der Waals surface area contributed by atoms with Crippen LogP contribution in [-0.2, 0) is 5.75 Å². The average molecular weight is 523 g/mol. The van der Waals surface area contributed by atoms with Crippen LogP contribution >= 0.6 is 34.7 Å². The second kappa shape index (κ2) is 10.3. The van der Waals surface area contributed by atoms with E-state index in [1.54, 1.807) is 17.8 Å². The minimum absolute atomic E-state index is 0.292. The molecule has 0 saturated carbocycles. The van der Waals surface area contributed by atoms with Crippen LogP contribution in [0.2, 0.25) is 5.02 Å². The molecular formula is C24H16ClFN6OS2.